The van der Waals surface area contributed by atoms with Crippen LogP contribution in [-0.2, 0) is 24.7 Å². The Morgan fingerprint density at radius 3 is 0.916 bits per heavy atom. The van der Waals surface area contributed by atoms with Crippen LogP contribution in [0.5, 0.6) is 0 Å². The van der Waals surface area contributed by atoms with E-state index in [2.05, 4.69) is 0 Å². The molecule has 0 atom stereocenters. The Morgan fingerprint density at radius 1 is 0.253 bits per heavy atom. The SMILES string of the molecule is FC(F)(F)c1ccc(-c2ccc3c4ccc(-c5ccc(C(F)(F)F)cc5C(F)(F)F)cc4n(-c4ccc(-c5nc(-c6ccccc6)nc(-c6ccccc6)n5)cc4-c4nc(-c5ccccc5)nc(-c5ccccc5)n4)c3c2)c(C(F)(F)F)c1. The summed E-state index contributed by atoms with van der Waals surface area (Å²) in [4.78, 5) is 29.6. The smallest absolute Gasteiger partial charge is 0.308 e. The highest BCUT2D eigenvalue weighted by molar-refractivity contribution is 6.12. The minimum atomic E-state index is -5.30. The average Bonchev–Trinajstić information content (AvgIpc) is 2.88. The third-order valence-corrected chi connectivity index (χ3v) is 13.8. The molecule has 0 N–H and O–H groups in total. The van der Waals surface area contributed by atoms with Gasteiger partial charge in [-0.1, -0.05) is 158 Å². The molecule has 3 aromatic heterocycles. The number of nitrogens with zero attached hydrogens (tertiary/aromatic N) is 7. The largest absolute Gasteiger partial charge is 0.417 e. The molecule has 0 aliphatic heterocycles. The minimum absolute atomic E-state index is 0.00156. The fourth-order valence-corrected chi connectivity index (χ4v) is 9.94. The lowest BCUT2D eigenvalue weighted by molar-refractivity contribution is -0.144. The molecule has 0 spiro atoms. The summed E-state index contributed by atoms with van der Waals surface area (Å²) in [6.07, 6.45) is -20.9. The lowest BCUT2D eigenvalue weighted by atomic mass is 9.95. The highest BCUT2D eigenvalue weighted by Crippen LogP contribution is 2.47. The molecular formula is C64H35F12N7. The molecule has 410 valence electrons. The molecule has 0 aliphatic rings. The summed E-state index contributed by atoms with van der Waals surface area (Å²) in [6, 6.07) is 51.4. The molecule has 0 bridgehead atoms. The number of aromatic nitrogens is 7. The van der Waals surface area contributed by atoms with E-state index in [9.17, 15) is 52.7 Å². The Hall–Kier alpha value is -10.0. The van der Waals surface area contributed by atoms with E-state index in [0.29, 0.717) is 74.5 Å². The topological polar surface area (TPSA) is 82.3 Å². The maximum absolute atomic E-state index is 15.0. The molecule has 0 saturated heterocycles. The van der Waals surface area contributed by atoms with Crippen molar-refractivity contribution in [2.75, 3.05) is 0 Å². The van der Waals surface area contributed by atoms with Gasteiger partial charge in [-0.25, -0.2) is 29.9 Å². The molecule has 3 heterocycles. The second-order valence-electron chi connectivity index (χ2n) is 19.1. The average molecular weight is 1130 g/mol. The van der Waals surface area contributed by atoms with E-state index < -0.39 is 58.1 Å². The molecular weight excluding hydrogens is 1090 g/mol. The predicted octanol–water partition coefficient (Wildman–Crippen LogP) is 18.6. The van der Waals surface area contributed by atoms with Crippen molar-refractivity contribution in [2.45, 2.75) is 24.7 Å². The number of benzene rings is 9. The van der Waals surface area contributed by atoms with Crippen LogP contribution in [0.15, 0.2) is 212 Å². The summed E-state index contributed by atoms with van der Waals surface area (Å²) in [5, 5.41) is 0.606. The monoisotopic (exact) mass is 1130 g/mol. The van der Waals surface area contributed by atoms with Gasteiger partial charge in [0.25, 0.3) is 0 Å². The van der Waals surface area contributed by atoms with E-state index in [1.807, 2.05) is 60.7 Å². The van der Waals surface area contributed by atoms with Crippen LogP contribution in [0.1, 0.15) is 22.3 Å². The van der Waals surface area contributed by atoms with Crippen LogP contribution < -0.4 is 0 Å². The summed E-state index contributed by atoms with van der Waals surface area (Å²) in [7, 11) is 0. The van der Waals surface area contributed by atoms with Crippen molar-refractivity contribution in [1.82, 2.24) is 34.5 Å². The van der Waals surface area contributed by atoms with Crippen molar-refractivity contribution >= 4 is 21.8 Å². The highest BCUT2D eigenvalue weighted by atomic mass is 19.4. The van der Waals surface area contributed by atoms with Crippen molar-refractivity contribution in [1.29, 1.82) is 0 Å². The van der Waals surface area contributed by atoms with Crippen molar-refractivity contribution in [3.05, 3.63) is 235 Å². The van der Waals surface area contributed by atoms with Gasteiger partial charge in [0, 0.05) is 44.2 Å². The zero-order valence-corrected chi connectivity index (χ0v) is 42.4. The standard InChI is InChI=1S/C64H35F12N7/c65-61(66,67)43-24-28-45(50(34-43)63(71,72)73)40-21-26-47-48-27-22-41(46-29-25-44(62(68,69)70)35-51(46)64(74,75)76)33-54(48)83(53(47)32-40)52-30-23-42(59-79-55(36-13-5-1-6-14-36)77-56(80-59)37-15-7-2-8-16-37)31-49(52)60-81-57(38-17-9-3-10-18-38)78-58(82-60)39-19-11-4-12-20-39/h1-35H. The van der Waals surface area contributed by atoms with Crippen molar-refractivity contribution < 1.29 is 52.7 Å². The van der Waals surface area contributed by atoms with Crippen molar-refractivity contribution in [3.8, 4) is 96.3 Å². The van der Waals surface area contributed by atoms with Crippen molar-refractivity contribution in [3.63, 3.8) is 0 Å². The van der Waals surface area contributed by atoms with E-state index >= 15 is 0 Å². The van der Waals surface area contributed by atoms with Gasteiger partial charge in [0.05, 0.1) is 39.0 Å². The van der Waals surface area contributed by atoms with Crippen LogP contribution in [0, 0.1) is 0 Å². The fraction of sp³-hybridized carbons (Fsp3) is 0.0625. The van der Waals surface area contributed by atoms with E-state index in [1.165, 1.54) is 41.0 Å². The number of alkyl halides is 12. The first-order chi connectivity index (χ1) is 39.7. The Labute approximate surface area is 462 Å². The molecule has 0 aliphatic carbocycles. The van der Waals surface area contributed by atoms with Crippen LogP contribution in [0.25, 0.3) is 118 Å². The summed E-state index contributed by atoms with van der Waals surface area (Å²) >= 11 is 0. The van der Waals surface area contributed by atoms with Gasteiger partial charge in [0.15, 0.2) is 34.9 Å². The molecule has 12 rings (SSSR count). The zero-order chi connectivity index (χ0) is 58.0. The Morgan fingerprint density at radius 2 is 0.578 bits per heavy atom. The van der Waals surface area contributed by atoms with Crippen LogP contribution in [0.2, 0.25) is 0 Å². The van der Waals surface area contributed by atoms with E-state index in [1.54, 1.807) is 78.9 Å². The number of hydrogen-bond donors (Lipinski definition) is 0. The fourth-order valence-electron chi connectivity index (χ4n) is 9.94. The molecule has 9 aromatic carbocycles. The third kappa shape index (κ3) is 10.5. The lowest BCUT2D eigenvalue weighted by Gasteiger charge is -2.18. The number of rotatable bonds is 9. The van der Waals surface area contributed by atoms with E-state index in [-0.39, 0.29) is 68.8 Å². The first kappa shape index (κ1) is 53.6. The molecule has 12 aromatic rings. The van der Waals surface area contributed by atoms with Gasteiger partial charge in [-0.3, -0.25) is 0 Å². The minimum Gasteiger partial charge on any atom is -0.308 e. The maximum Gasteiger partial charge on any atom is 0.417 e. The first-order valence-electron chi connectivity index (χ1n) is 25.2. The molecule has 0 fully saturated rings. The van der Waals surface area contributed by atoms with Gasteiger partial charge in [-0.15, -0.1) is 0 Å². The van der Waals surface area contributed by atoms with Gasteiger partial charge in [-0.2, -0.15) is 52.7 Å². The van der Waals surface area contributed by atoms with Gasteiger partial charge in [0.1, 0.15) is 0 Å². The van der Waals surface area contributed by atoms with E-state index in [4.69, 9.17) is 29.9 Å². The van der Waals surface area contributed by atoms with Gasteiger partial charge >= 0.3 is 24.7 Å². The molecule has 83 heavy (non-hydrogen) atoms. The first-order valence-corrected chi connectivity index (χ1v) is 25.2. The van der Waals surface area contributed by atoms with Crippen LogP contribution in [0.3, 0.4) is 0 Å². The van der Waals surface area contributed by atoms with Crippen LogP contribution in [0.4, 0.5) is 52.7 Å². The summed E-state index contributed by atoms with van der Waals surface area (Å²) in [5.74, 6) is 1.13. The Bertz CT molecular complexity index is 4180. The summed E-state index contributed by atoms with van der Waals surface area (Å²) in [6.45, 7) is 0. The summed E-state index contributed by atoms with van der Waals surface area (Å²) < 4.78 is 175. The zero-order valence-electron chi connectivity index (χ0n) is 42.4. The predicted molar refractivity (Wildman–Crippen MR) is 291 cm³/mol. The lowest BCUT2D eigenvalue weighted by Crippen LogP contribution is -2.12. The molecule has 0 saturated carbocycles. The maximum atomic E-state index is 15.0. The van der Waals surface area contributed by atoms with E-state index in [0.717, 1.165) is 0 Å². The molecule has 19 heteroatoms. The number of hydrogen-bond acceptors (Lipinski definition) is 6. The van der Waals surface area contributed by atoms with Crippen LogP contribution in [-0.4, -0.2) is 34.5 Å². The third-order valence-electron chi connectivity index (χ3n) is 13.8. The summed E-state index contributed by atoms with van der Waals surface area (Å²) in [5.41, 5.74) is -4.68. The van der Waals surface area contributed by atoms with Crippen molar-refractivity contribution in [2.24, 2.45) is 0 Å². The number of halogens is 12. The molecule has 0 amide bonds. The second kappa shape index (κ2) is 20.5. The highest BCUT2D eigenvalue weighted by Gasteiger charge is 2.40. The molecule has 7 nitrogen and oxygen atoms in total. The Kier molecular flexibility index (Phi) is 13.2. The van der Waals surface area contributed by atoms with Gasteiger partial charge < -0.3 is 4.57 Å². The Balaban J connectivity index is 1.20. The second-order valence-corrected chi connectivity index (χ2v) is 19.1. The van der Waals surface area contributed by atoms with Crippen LogP contribution >= 0.6 is 0 Å². The normalized spacial score (nSPS) is 12.3. The number of fused-ring (bicyclic) bond motifs is 3. The quantitative estimate of drug-likeness (QED) is 0.134. The molecule has 0 radical (unpaired) electrons. The van der Waals surface area contributed by atoms with Gasteiger partial charge in [0.2, 0.25) is 0 Å². The van der Waals surface area contributed by atoms with Gasteiger partial charge in [-0.05, 0) is 76.9 Å². The molecule has 0 unspecified atom stereocenters.